The second kappa shape index (κ2) is 6.28. The molecule has 2 heterocycles. The largest absolute Gasteiger partial charge is 0.495 e. The zero-order valence-corrected chi connectivity index (χ0v) is 12.7. The van der Waals surface area contributed by atoms with Crippen molar-refractivity contribution >= 4 is 17.2 Å². The fourth-order valence-corrected chi connectivity index (χ4v) is 3.45. The molecule has 1 amide bonds. The lowest BCUT2D eigenvalue weighted by atomic mass is 9.94. The second-order valence-electron chi connectivity index (χ2n) is 4.98. The van der Waals surface area contributed by atoms with Gasteiger partial charge in [-0.15, -0.1) is 11.3 Å². The predicted octanol–water partition coefficient (Wildman–Crippen LogP) is 2.37. The van der Waals surface area contributed by atoms with Crippen LogP contribution in [0.1, 0.15) is 26.8 Å². The number of rotatable bonds is 4. The third-order valence-corrected chi connectivity index (χ3v) is 4.63. The molecule has 1 aliphatic rings. The van der Waals surface area contributed by atoms with Gasteiger partial charge in [0.1, 0.15) is 10.6 Å². The summed E-state index contributed by atoms with van der Waals surface area (Å²) in [6.07, 6.45) is 1.04. The summed E-state index contributed by atoms with van der Waals surface area (Å²) in [5.41, 5.74) is 2.64. The van der Waals surface area contributed by atoms with Gasteiger partial charge in [0.15, 0.2) is 0 Å². The number of carbonyl (C=O) groups excluding carboxylic acids is 1. The molecular formula is C16H18N2O2S. The van der Waals surface area contributed by atoms with E-state index in [1.807, 2.05) is 17.5 Å². The number of hydrogen-bond donors (Lipinski definition) is 2. The molecule has 0 saturated carbocycles. The Balaban J connectivity index is 1.67. The van der Waals surface area contributed by atoms with Crippen molar-refractivity contribution in [2.75, 3.05) is 20.2 Å². The monoisotopic (exact) mass is 302 g/mol. The minimum absolute atomic E-state index is 0.0771. The summed E-state index contributed by atoms with van der Waals surface area (Å²) in [5.74, 6) is 0.557. The average Bonchev–Trinajstić information content (AvgIpc) is 3.01. The first kappa shape index (κ1) is 14.1. The van der Waals surface area contributed by atoms with Crippen molar-refractivity contribution in [3.05, 3.63) is 51.7 Å². The minimum Gasteiger partial charge on any atom is -0.495 e. The van der Waals surface area contributed by atoms with Crippen molar-refractivity contribution in [3.63, 3.8) is 0 Å². The molecule has 2 aromatic rings. The molecule has 0 radical (unpaired) electrons. The van der Waals surface area contributed by atoms with Crippen LogP contribution in [-0.4, -0.2) is 26.1 Å². The Morgan fingerprint density at radius 1 is 1.43 bits per heavy atom. The third kappa shape index (κ3) is 2.94. The van der Waals surface area contributed by atoms with Crippen LogP contribution in [0.25, 0.3) is 0 Å². The SMILES string of the molecule is COc1ccsc1C(=O)NCC1NCCc2ccccc21. The van der Waals surface area contributed by atoms with Gasteiger partial charge in [-0.25, -0.2) is 0 Å². The molecule has 5 heteroatoms. The van der Waals surface area contributed by atoms with Crippen LogP contribution in [-0.2, 0) is 6.42 Å². The van der Waals surface area contributed by atoms with Crippen molar-refractivity contribution in [3.8, 4) is 5.75 Å². The van der Waals surface area contributed by atoms with Crippen LogP contribution in [0.2, 0.25) is 0 Å². The molecule has 1 aliphatic heterocycles. The zero-order chi connectivity index (χ0) is 14.7. The number of methoxy groups -OCH3 is 1. The first-order chi connectivity index (χ1) is 10.3. The van der Waals surface area contributed by atoms with Gasteiger partial charge >= 0.3 is 0 Å². The van der Waals surface area contributed by atoms with E-state index in [-0.39, 0.29) is 11.9 Å². The van der Waals surface area contributed by atoms with Gasteiger partial charge < -0.3 is 15.4 Å². The van der Waals surface area contributed by atoms with Crippen LogP contribution in [0.5, 0.6) is 5.75 Å². The van der Waals surface area contributed by atoms with E-state index in [0.29, 0.717) is 17.2 Å². The van der Waals surface area contributed by atoms with Gasteiger partial charge in [-0.3, -0.25) is 4.79 Å². The van der Waals surface area contributed by atoms with Crippen molar-refractivity contribution < 1.29 is 9.53 Å². The molecule has 21 heavy (non-hydrogen) atoms. The number of ether oxygens (including phenoxy) is 1. The van der Waals surface area contributed by atoms with Crippen LogP contribution in [0.3, 0.4) is 0 Å². The van der Waals surface area contributed by atoms with Gasteiger partial charge in [0.25, 0.3) is 5.91 Å². The molecule has 0 spiro atoms. The molecular weight excluding hydrogens is 284 g/mol. The van der Waals surface area contributed by atoms with Gasteiger partial charge in [0, 0.05) is 12.6 Å². The molecule has 1 aromatic carbocycles. The van der Waals surface area contributed by atoms with E-state index in [1.54, 1.807) is 7.11 Å². The molecule has 1 unspecified atom stereocenters. The van der Waals surface area contributed by atoms with Crippen molar-refractivity contribution in [2.45, 2.75) is 12.5 Å². The van der Waals surface area contributed by atoms with E-state index in [0.717, 1.165) is 13.0 Å². The summed E-state index contributed by atoms with van der Waals surface area (Å²) in [5, 5.41) is 8.32. The van der Waals surface area contributed by atoms with Crippen molar-refractivity contribution in [2.24, 2.45) is 0 Å². The summed E-state index contributed by atoms with van der Waals surface area (Å²) in [7, 11) is 1.58. The van der Waals surface area contributed by atoms with Gasteiger partial charge in [0.2, 0.25) is 0 Å². The van der Waals surface area contributed by atoms with E-state index >= 15 is 0 Å². The molecule has 2 N–H and O–H groups in total. The van der Waals surface area contributed by atoms with Gasteiger partial charge in [-0.05, 0) is 35.5 Å². The van der Waals surface area contributed by atoms with E-state index < -0.39 is 0 Å². The van der Waals surface area contributed by atoms with Crippen LogP contribution < -0.4 is 15.4 Å². The second-order valence-corrected chi connectivity index (χ2v) is 5.90. The van der Waals surface area contributed by atoms with E-state index in [4.69, 9.17) is 4.74 Å². The highest BCUT2D eigenvalue weighted by Gasteiger charge is 2.21. The van der Waals surface area contributed by atoms with Gasteiger partial charge in [-0.1, -0.05) is 24.3 Å². The number of carbonyl (C=O) groups is 1. The van der Waals surface area contributed by atoms with Crippen LogP contribution in [0, 0.1) is 0 Å². The molecule has 110 valence electrons. The quantitative estimate of drug-likeness (QED) is 0.911. The summed E-state index contributed by atoms with van der Waals surface area (Å²) < 4.78 is 5.19. The number of benzene rings is 1. The van der Waals surface area contributed by atoms with E-state index in [1.165, 1.54) is 22.5 Å². The fourth-order valence-electron chi connectivity index (χ4n) is 2.67. The summed E-state index contributed by atoms with van der Waals surface area (Å²) in [6.45, 7) is 1.52. The molecule has 0 saturated heterocycles. The number of thiophene rings is 1. The highest BCUT2D eigenvalue weighted by Crippen LogP contribution is 2.25. The Hall–Kier alpha value is -1.85. The van der Waals surface area contributed by atoms with E-state index in [2.05, 4.69) is 28.8 Å². The maximum Gasteiger partial charge on any atom is 0.265 e. The summed E-state index contributed by atoms with van der Waals surface area (Å²) >= 11 is 1.40. The predicted molar refractivity (Wildman–Crippen MR) is 84.1 cm³/mol. The summed E-state index contributed by atoms with van der Waals surface area (Å²) in [6, 6.07) is 10.4. The minimum atomic E-state index is -0.0771. The number of nitrogens with one attached hydrogen (secondary N) is 2. The Bertz CT molecular complexity index is 639. The lowest BCUT2D eigenvalue weighted by Gasteiger charge is -2.27. The Morgan fingerprint density at radius 3 is 3.14 bits per heavy atom. The smallest absolute Gasteiger partial charge is 0.265 e. The molecule has 0 bridgehead atoms. The maximum atomic E-state index is 12.2. The topological polar surface area (TPSA) is 50.4 Å². The molecule has 3 rings (SSSR count). The Morgan fingerprint density at radius 2 is 2.29 bits per heavy atom. The van der Waals surface area contributed by atoms with Gasteiger partial charge in [0.05, 0.1) is 7.11 Å². The van der Waals surface area contributed by atoms with Crippen LogP contribution >= 0.6 is 11.3 Å². The molecule has 4 nitrogen and oxygen atoms in total. The number of amides is 1. The average molecular weight is 302 g/mol. The lowest BCUT2D eigenvalue weighted by molar-refractivity contribution is 0.0950. The lowest BCUT2D eigenvalue weighted by Crippen LogP contribution is -2.38. The van der Waals surface area contributed by atoms with Crippen molar-refractivity contribution in [1.82, 2.24) is 10.6 Å². The molecule has 1 atom stereocenters. The first-order valence-electron chi connectivity index (χ1n) is 7.00. The van der Waals surface area contributed by atoms with Crippen LogP contribution in [0.15, 0.2) is 35.7 Å². The van der Waals surface area contributed by atoms with Crippen LogP contribution in [0.4, 0.5) is 0 Å². The number of hydrogen-bond acceptors (Lipinski definition) is 4. The fraction of sp³-hybridized carbons (Fsp3) is 0.312. The van der Waals surface area contributed by atoms with E-state index in [9.17, 15) is 4.79 Å². The normalized spacial score (nSPS) is 17.1. The molecule has 0 fully saturated rings. The third-order valence-electron chi connectivity index (χ3n) is 3.74. The van der Waals surface area contributed by atoms with Gasteiger partial charge in [-0.2, -0.15) is 0 Å². The Kier molecular flexibility index (Phi) is 4.22. The molecule has 1 aromatic heterocycles. The van der Waals surface area contributed by atoms with Crippen molar-refractivity contribution in [1.29, 1.82) is 0 Å². The Labute approximate surface area is 128 Å². The highest BCUT2D eigenvalue weighted by molar-refractivity contribution is 7.12. The highest BCUT2D eigenvalue weighted by atomic mass is 32.1. The first-order valence-corrected chi connectivity index (χ1v) is 7.88. The standard InChI is InChI=1S/C16H18N2O2S/c1-20-14-7-9-21-15(14)16(19)18-10-13-12-5-3-2-4-11(12)6-8-17-13/h2-5,7,9,13,17H,6,8,10H2,1H3,(H,18,19). The summed E-state index contributed by atoms with van der Waals surface area (Å²) in [4.78, 5) is 12.9. The molecule has 0 aliphatic carbocycles. The number of fused-ring (bicyclic) bond motifs is 1. The maximum absolute atomic E-state index is 12.2. The zero-order valence-electron chi connectivity index (χ0n) is 11.9.